The number of rotatable bonds is 3. The van der Waals surface area contributed by atoms with Gasteiger partial charge in [-0.2, -0.15) is 0 Å². The van der Waals surface area contributed by atoms with Gasteiger partial charge in [0.05, 0.1) is 16.6 Å². The van der Waals surface area contributed by atoms with E-state index in [0.717, 1.165) is 44.1 Å². The van der Waals surface area contributed by atoms with Gasteiger partial charge in [0.1, 0.15) is 11.2 Å². The van der Waals surface area contributed by atoms with E-state index in [1.54, 1.807) is 0 Å². The van der Waals surface area contributed by atoms with Crippen molar-refractivity contribution in [2.24, 2.45) is 0 Å². The molecule has 0 aliphatic heterocycles. The van der Waals surface area contributed by atoms with Gasteiger partial charge in [-0.25, -0.2) is 15.0 Å². The van der Waals surface area contributed by atoms with Gasteiger partial charge in [-0.1, -0.05) is 109 Å². The first kappa shape index (κ1) is 23.5. The van der Waals surface area contributed by atoms with Crippen LogP contribution < -0.4 is 0 Å². The molecule has 204 valence electrons. The van der Waals surface area contributed by atoms with Gasteiger partial charge in [0, 0.05) is 49.0 Å². The molecule has 0 aliphatic rings. The molecule has 0 amide bonds. The van der Waals surface area contributed by atoms with Gasteiger partial charge in [0.15, 0.2) is 17.5 Å². The maximum atomic E-state index is 6.55. The lowest BCUT2D eigenvalue weighted by atomic mass is 10.0. The number of hydrogen-bond donors (Lipinski definition) is 0. The molecule has 0 saturated heterocycles. The van der Waals surface area contributed by atoms with Crippen LogP contribution in [0.3, 0.4) is 0 Å². The number of hydrogen-bond acceptors (Lipinski definition) is 4. The number of furan rings is 1. The first-order chi connectivity index (χ1) is 21.8. The topological polar surface area (TPSA) is 56.2 Å². The summed E-state index contributed by atoms with van der Waals surface area (Å²) in [5.41, 5.74) is 8.06. The first-order valence-electron chi connectivity index (χ1n) is 14.7. The molecule has 10 aromatic rings. The highest BCUT2D eigenvalue weighted by Crippen LogP contribution is 2.43. The van der Waals surface area contributed by atoms with E-state index < -0.39 is 0 Å². The molecule has 6 aromatic carbocycles. The second-order valence-electron chi connectivity index (χ2n) is 11.2. The van der Waals surface area contributed by atoms with Crippen LogP contribution in [0.25, 0.3) is 94.2 Å². The zero-order chi connectivity index (χ0) is 28.8. The summed E-state index contributed by atoms with van der Waals surface area (Å²) in [4.78, 5) is 15.0. The van der Waals surface area contributed by atoms with Crippen molar-refractivity contribution in [1.82, 2.24) is 19.4 Å². The zero-order valence-corrected chi connectivity index (χ0v) is 23.4. The van der Waals surface area contributed by atoms with Crippen LogP contribution in [0.15, 0.2) is 138 Å². The quantitative estimate of drug-likeness (QED) is 0.215. The van der Waals surface area contributed by atoms with Gasteiger partial charge < -0.3 is 8.82 Å². The SMILES string of the molecule is c1ccc(-c2nc(-c3ccccc3)nc(-c3cccc4oc5cc6c7cccc8c9ccccc9n(c6cc5c34)c87)n2)cc1. The molecule has 10 rings (SSSR count). The van der Waals surface area contributed by atoms with Gasteiger partial charge in [-0.05, 0) is 24.3 Å². The molecule has 0 bridgehead atoms. The van der Waals surface area contributed by atoms with Crippen molar-refractivity contribution in [3.05, 3.63) is 133 Å². The minimum Gasteiger partial charge on any atom is -0.456 e. The maximum absolute atomic E-state index is 6.55. The largest absolute Gasteiger partial charge is 0.456 e. The fourth-order valence-corrected chi connectivity index (χ4v) is 6.86. The van der Waals surface area contributed by atoms with E-state index in [4.69, 9.17) is 19.4 Å². The molecule has 5 nitrogen and oxygen atoms in total. The smallest absolute Gasteiger partial charge is 0.164 e. The molecule has 0 aliphatic carbocycles. The average molecular weight is 563 g/mol. The summed E-state index contributed by atoms with van der Waals surface area (Å²) in [7, 11) is 0. The highest BCUT2D eigenvalue weighted by Gasteiger charge is 2.21. The van der Waals surface area contributed by atoms with E-state index in [1.165, 1.54) is 32.6 Å². The van der Waals surface area contributed by atoms with Crippen LogP contribution in [0.4, 0.5) is 0 Å². The van der Waals surface area contributed by atoms with Crippen molar-refractivity contribution < 1.29 is 4.42 Å². The Bertz CT molecular complexity index is 2650. The summed E-state index contributed by atoms with van der Waals surface area (Å²) in [6.45, 7) is 0. The van der Waals surface area contributed by atoms with Crippen molar-refractivity contribution in [3.63, 3.8) is 0 Å². The summed E-state index contributed by atoms with van der Waals surface area (Å²) in [6.07, 6.45) is 0. The molecule has 0 fully saturated rings. The second kappa shape index (κ2) is 8.72. The third-order valence-electron chi connectivity index (χ3n) is 8.78. The Morgan fingerprint density at radius 1 is 0.432 bits per heavy atom. The Morgan fingerprint density at radius 2 is 1.05 bits per heavy atom. The minimum atomic E-state index is 0.614. The first-order valence-corrected chi connectivity index (χ1v) is 14.7. The summed E-state index contributed by atoms with van der Waals surface area (Å²) >= 11 is 0. The summed E-state index contributed by atoms with van der Waals surface area (Å²) in [6, 6.07) is 46.0. The van der Waals surface area contributed by atoms with Gasteiger partial charge >= 0.3 is 0 Å². The molecule has 0 unspecified atom stereocenters. The Kier molecular flexibility index (Phi) is 4.66. The van der Waals surface area contributed by atoms with Crippen LogP contribution >= 0.6 is 0 Å². The van der Waals surface area contributed by atoms with Crippen LogP contribution in [0.2, 0.25) is 0 Å². The van der Waals surface area contributed by atoms with Gasteiger partial charge in [0.2, 0.25) is 0 Å². The summed E-state index contributed by atoms with van der Waals surface area (Å²) in [5.74, 6) is 1.89. The van der Waals surface area contributed by atoms with Gasteiger partial charge in [0.25, 0.3) is 0 Å². The molecular weight excluding hydrogens is 540 g/mol. The highest BCUT2D eigenvalue weighted by molar-refractivity contribution is 6.26. The Labute approximate surface area is 251 Å². The van der Waals surface area contributed by atoms with E-state index in [1.807, 2.05) is 72.8 Å². The molecule has 0 saturated carbocycles. The fourth-order valence-electron chi connectivity index (χ4n) is 6.86. The van der Waals surface area contributed by atoms with Crippen LogP contribution in [0.1, 0.15) is 0 Å². The zero-order valence-electron chi connectivity index (χ0n) is 23.4. The van der Waals surface area contributed by atoms with E-state index >= 15 is 0 Å². The molecule has 0 N–H and O–H groups in total. The second-order valence-corrected chi connectivity index (χ2v) is 11.2. The molecular formula is C39H22N4O. The monoisotopic (exact) mass is 562 g/mol. The van der Waals surface area contributed by atoms with E-state index in [-0.39, 0.29) is 0 Å². The molecule has 0 spiro atoms. The van der Waals surface area contributed by atoms with E-state index in [2.05, 4.69) is 65.1 Å². The lowest BCUT2D eigenvalue weighted by Crippen LogP contribution is -2.00. The van der Waals surface area contributed by atoms with Crippen LogP contribution in [0, 0.1) is 0 Å². The van der Waals surface area contributed by atoms with Gasteiger partial charge in [-0.15, -0.1) is 0 Å². The normalized spacial score (nSPS) is 12.1. The van der Waals surface area contributed by atoms with Crippen molar-refractivity contribution in [3.8, 4) is 34.2 Å². The molecule has 0 atom stereocenters. The number of para-hydroxylation sites is 2. The van der Waals surface area contributed by atoms with Crippen molar-refractivity contribution in [1.29, 1.82) is 0 Å². The van der Waals surface area contributed by atoms with Crippen LogP contribution in [0.5, 0.6) is 0 Å². The Balaban J connectivity index is 1.30. The molecule has 4 heterocycles. The third-order valence-corrected chi connectivity index (χ3v) is 8.78. The Hall–Kier alpha value is -6.07. The van der Waals surface area contributed by atoms with Crippen molar-refractivity contribution in [2.45, 2.75) is 0 Å². The predicted octanol–water partition coefficient (Wildman–Crippen LogP) is 9.92. The highest BCUT2D eigenvalue weighted by atomic mass is 16.3. The van der Waals surface area contributed by atoms with E-state index in [0.29, 0.717) is 17.5 Å². The lowest BCUT2D eigenvalue weighted by molar-refractivity contribution is 0.669. The number of benzene rings is 6. The van der Waals surface area contributed by atoms with Crippen LogP contribution in [-0.2, 0) is 0 Å². The molecule has 44 heavy (non-hydrogen) atoms. The summed E-state index contributed by atoms with van der Waals surface area (Å²) in [5, 5.41) is 6.98. The number of fused-ring (bicyclic) bond motifs is 9. The average Bonchev–Trinajstić information content (AvgIpc) is 3.74. The lowest BCUT2D eigenvalue weighted by Gasteiger charge is -2.09. The fraction of sp³-hybridized carbons (Fsp3) is 0. The molecule has 5 heteroatoms. The third kappa shape index (κ3) is 3.21. The van der Waals surface area contributed by atoms with E-state index in [9.17, 15) is 0 Å². The van der Waals surface area contributed by atoms with Crippen molar-refractivity contribution >= 4 is 60.0 Å². The van der Waals surface area contributed by atoms with Gasteiger partial charge in [-0.3, -0.25) is 0 Å². The predicted molar refractivity (Wildman–Crippen MR) is 178 cm³/mol. The number of nitrogens with zero attached hydrogens (tertiary/aromatic N) is 4. The summed E-state index contributed by atoms with van der Waals surface area (Å²) < 4.78 is 8.95. The minimum absolute atomic E-state index is 0.614. The maximum Gasteiger partial charge on any atom is 0.164 e. The Morgan fingerprint density at radius 3 is 1.80 bits per heavy atom. The van der Waals surface area contributed by atoms with Crippen molar-refractivity contribution in [2.75, 3.05) is 0 Å². The van der Waals surface area contributed by atoms with Crippen LogP contribution in [-0.4, -0.2) is 19.4 Å². The standard InChI is InChI=1S/C39H22N4O/c1-3-11-23(12-4-1)37-40-38(24-13-5-2-6-14-24)42-39(41-37)28-18-10-20-33-35(28)30-21-32-29(22-34(30)44-33)27-17-9-16-26-25-15-7-8-19-31(25)43(32)36(26)27/h1-22H. The molecule has 0 radical (unpaired) electrons. The molecule has 4 aromatic heterocycles. The number of aromatic nitrogens is 4.